The van der Waals surface area contributed by atoms with E-state index in [0.29, 0.717) is 47.7 Å². The fourth-order valence-electron chi connectivity index (χ4n) is 3.10. The molecule has 1 aromatic heterocycles. The standard InChI is InChI=1S/C22H24N6O3/c1-3-23-20-13-21(25-14(2)24-20)26-15-4-6-16(7-5-15)27-22(29)28-17-8-9-18-19(12-17)31-11-10-30-18/h4-9,12-13H,3,10-11H2,1-2H3,(H2,27,28,29)(H2,23,24,25,26). The minimum absolute atomic E-state index is 0.348. The summed E-state index contributed by atoms with van der Waals surface area (Å²) >= 11 is 0. The quantitative estimate of drug-likeness (QED) is 0.469. The molecule has 2 aromatic carbocycles. The van der Waals surface area contributed by atoms with Gasteiger partial charge >= 0.3 is 6.03 Å². The van der Waals surface area contributed by atoms with Crippen molar-refractivity contribution in [3.8, 4) is 11.5 Å². The van der Waals surface area contributed by atoms with Crippen LogP contribution in [0.25, 0.3) is 0 Å². The molecule has 0 saturated heterocycles. The zero-order chi connectivity index (χ0) is 21.6. The van der Waals surface area contributed by atoms with E-state index in [2.05, 4.69) is 31.2 Å². The number of amides is 2. The predicted octanol–water partition coefficient (Wildman–Crippen LogP) is 4.38. The van der Waals surface area contributed by atoms with Crippen LogP contribution in [-0.2, 0) is 0 Å². The number of fused-ring (bicyclic) bond motifs is 1. The number of ether oxygens (including phenoxy) is 2. The number of anilines is 5. The lowest BCUT2D eigenvalue weighted by atomic mass is 10.2. The number of nitrogens with one attached hydrogen (secondary N) is 4. The van der Waals surface area contributed by atoms with Crippen LogP contribution in [0, 0.1) is 6.92 Å². The van der Waals surface area contributed by atoms with E-state index in [1.807, 2.05) is 44.2 Å². The van der Waals surface area contributed by atoms with E-state index in [0.717, 1.165) is 18.1 Å². The van der Waals surface area contributed by atoms with Gasteiger partial charge in [0.1, 0.15) is 30.7 Å². The van der Waals surface area contributed by atoms with Crippen LogP contribution in [0.1, 0.15) is 12.7 Å². The summed E-state index contributed by atoms with van der Waals surface area (Å²) in [5.41, 5.74) is 2.13. The van der Waals surface area contributed by atoms with Crippen molar-refractivity contribution in [1.82, 2.24) is 9.97 Å². The molecule has 1 aliphatic rings. The van der Waals surface area contributed by atoms with Crippen LogP contribution < -0.4 is 30.7 Å². The Kier molecular flexibility index (Phi) is 6.02. The zero-order valence-electron chi connectivity index (χ0n) is 17.4. The van der Waals surface area contributed by atoms with Gasteiger partial charge in [-0.05, 0) is 50.2 Å². The number of hydrogen-bond donors (Lipinski definition) is 4. The van der Waals surface area contributed by atoms with Gasteiger partial charge in [-0.25, -0.2) is 14.8 Å². The summed E-state index contributed by atoms with van der Waals surface area (Å²) < 4.78 is 11.0. The Balaban J connectivity index is 1.35. The second-order valence-electron chi connectivity index (χ2n) is 6.86. The van der Waals surface area contributed by atoms with Gasteiger partial charge in [-0.3, -0.25) is 0 Å². The Hall–Kier alpha value is -4.01. The predicted molar refractivity (Wildman–Crippen MR) is 121 cm³/mol. The zero-order valence-corrected chi connectivity index (χ0v) is 17.4. The molecule has 0 unspecified atom stereocenters. The highest BCUT2D eigenvalue weighted by atomic mass is 16.6. The summed E-state index contributed by atoms with van der Waals surface area (Å²) in [4.78, 5) is 21.1. The van der Waals surface area contributed by atoms with E-state index in [1.165, 1.54) is 0 Å². The molecule has 0 fully saturated rings. The number of hydrogen-bond acceptors (Lipinski definition) is 7. The molecule has 0 spiro atoms. The molecule has 160 valence electrons. The molecule has 3 aromatic rings. The Morgan fingerprint density at radius 1 is 0.871 bits per heavy atom. The molecule has 2 amide bonds. The van der Waals surface area contributed by atoms with Gasteiger partial charge in [0.2, 0.25) is 0 Å². The summed E-state index contributed by atoms with van der Waals surface area (Å²) in [7, 11) is 0. The van der Waals surface area contributed by atoms with E-state index in [1.54, 1.807) is 18.2 Å². The first kappa shape index (κ1) is 20.3. The van der Waals surface area contributed by atoms with Crippen molar-refractivity contribution >= 4 is 34.7 Å². The van der Waals surface area contributed by atoms with Crippen molar-refractivity contribution in [2.75, 3.05) is 41.0 Å². The highest BCUT2D eigenvalue weighted by Crippen LogP contribution is 2.32. The SMILES string of the molecule is CCNc1cc(Nc2ccc(NC(=O)Nc3ccc4c(c3)OCCO4)cc2)nc(C)n1. The van der Waals surface area contributed by atoms with Crippen LogP contribution in [-0.4, -0.2) is 35.8 Å². The van der Waals surface area contributed by atoms with Gasteiger partial charge in [0.05, 0.1) is 0 Å². The maximum atomic E-state index is 12.3. The van der Waals surface area contributed by atoms with Crippen LogP contribution in [0.4, 0.5) is 33.5 Å². The number of urea groups is 1. The summed E-state index contributed by atoms with van der Waals surface area (Å²) in [6, 6.07) is 14.1. The van der Waals surface area contributed by atoms with Gasteiger partial charge in [0.25, 0.3) is 0 Å². The highest BCUT2D eigenvalue weighted by molar-refractivity contribution is 6.00. The van der Waals surface area contributed by atoms with E-state index < -0.39 is 0 Å². The lowest BCUT2D eigenvalue weighted by Gasteiger charge is -2.19. The molecule has 2 heterocycles. The lowest BCUT2D eigenvalue weighted by molar-refractivity contribution is 0.171. The molecule has 0 aliphatic carbocycles. The number of carbonyl (C=O) groups excluding carboxylic acids is 1. The number of aromatic nitrogens is 2. The second kappa shape index (κ2) is 9.21. The fraction of sp³-hybridized carbons (Fsp3) is 0.227. The molecule has 4 rings (SSSR count). The molecule has 4 N–H and O–H groups in total. The molecule has 0 bridgehead atoms. The van der Waals surface area contributed by atoms with Crippen LogP contribution in [0.5, 0.6) is 11.5 Å². The molecule has 9 nitrogen and oxygen atoms in total. The van der Waals surface area contributed by atoms with Crippen molar-refractivity contribution in [2.24, 2.45) is 0 Å². The smallest absolute Gasteiger partial charge is 0.323 e. The minimum Gasteiger partial charge on any atom is -0.486 e. The van der Waals surface area contributed by atoms with Crippen LogP contribution in [0.3, 0.4) is 0 Å². The van der Waals surface area contributed by atoms with E-state index in [4.69, 9.17) is 9.47 Å². The number of nitrogens with zero attached hydrogens (tertiary/aromatic N) is 2. The monoisotopic (exact) mass is 420 g/mol. The number of aryl methyl sites for hydroxylation is 1. The Morgan fingerprint density at radius 3 is 2.29 bits per heavy atom. The summed E-state index contributed by atoms with van der Waals surface area (Å²) in [5.74, 6) is 3.44. The van der Waals surface area contributed by atoms with Crippen LogP contribution in [0.2, 0.25) is 0 Å². The van der Waals surface area contributed by atoms with Crippen LogP contribution in [0.15, 0.2) is 48.5 Å². The Bertz CT molecular complexity index is 1070. The van der Waals surface area contributed by atoms with Gasteiger partial charge in [-0.1, -0.05) is 0 Å². The van der Waals surface area contributed by atoms with E-state index in [9.17, 15) is 4.79 Å². The molecule has 0 atom stereocenters. The molecular formula is C22H24N6O3. The van der Waals surface area contributed by atoms with Crippen molar-refractivity contribution < 1.29 is 14.3 Å². The fourth-order valence-corrected chi connectivity index (χ4v) is 3.10. The van der Waals surface area contributed by atoms with E-state index >= 15 is 0 Å². The third-order valence-corrected chi connectivity index (χ3v) is 4.41. The maximum Gasteiger partial charge on any atom is 0.323 e. The van der Waals surface area contributed by atoms with Crippen molar-refractivity contribution in [2.45, 2.75) is 13.8 Å². The van der Waals surface area contributed by atoms with Gasteiger partial charge in [0.15, 0.2) is 11.5 Å². The molecule has 9 heteroatoms. The minimum atomic E-state index is -0.348. The first-order valence-electron chi connectivity index (χ1n) is 10.0. The highest BCUT2D eigenvalue weighted by Gasteiger charge is 2.13. The maximum absolute atomic E-state index is 12.3. The molecule has 0 radical (unpaired) electrons. The number of benzene rings is 2. The Labute approximate surface area is 180 Å². The number of rotatable bonds is 6. The van der Waals surface area contributed by atoms with Crippen molar-refractivity contribution in [1.29, 1.82) is 0 Å². The molecule has 31 heavy (non-hydrogen) atoms. The Morgan fingerprint density at radius 2 is 1.52 bits per heavy atom. The molecule has 1 aliphatic heterocycles. The van der Waals surface area contributed by atoms with Gasteiger partial charge < -0.3 is 30.7 Å². The average Bonchev–Trinajstić information content (AvgIpc) is 2.75. The molecule has 0 saturated carbocycles. The summed E-state index contributed by atoms with van der Waals surface area (Å²) in [6.45, 7) is 5.66. The van der Waals surface area contributed by atoms with Crippen molar-refractivity contribution in [3.63, 3.8) is 0 Å². The van der Waals surface area contributed by atoms with Gasteiger partial charge in [-0.2, -0.15) is 0 Å². The average molecular weight is 420 g/mol. The molecular weight excluding hydrogens is 396 g/mol. The second-order valence-corrected chi connectivity index (χ2v) is 6.86. The van der Waals surface area contributed by atoms with Crippen LogP contribution >= 0.6 is 0 Å². The summed E-state index contributed by atoms with van der Waals surface area (Å²) in [6.07, 6.45) is 0. The largest absolute Gasteiger partial charge is 0.486 e. The van der Waals surface area contributed by atoms with Gasteiger partial charge in [-0.15, -0.1) is 0 Å². The summed E-state index contributed by atoms with van der Waals surface area (Å²) in [5, 5.41) is 12.0. The number of carbonyl (C=O) groups is 1. The van der Waals surface area contributed by atoms with E-state index in [-0.39, 0.29) is 6.03 Å². The third kappa shape index (κ3) is 5.33. The first-order valence-corrected chi connectivity index (χ1v) is 10.0. The van der Waals surface area contributed by atoms with Gasteiger partial charge in [0, 0.05) is 35.7 Å². The lowest BCUT2D eigenvalue weighted by Crippen LogP contribution is -2.20. The topological polar surface area (TPSA) is 109 Å². The third-order valence-electron chi connectivity index (χ3n) is 4.41. The first-order chi connectivity index (χ1) is 15.1. The normalized spacial score (nSPS) is 12.1. The van der Waals surface area contributed by atoms with Crippen molar-refractivity contribution in [3.05, 3.63) is 54.4 Å².